The molecule has 4 nitrogen and oxygen atoms in total. The number of rotatable bonds is 6. The maximum Gasteiger partial charge on any atom is 0.338 e. The molecular weight excluding hydrogens is 256 g/mol. The molecule has 0 aromatic heterocycles. The van der Waals surface area contributed by atoms with Gasteiger partial charge in [0.1, 0.15) is 5.75 Å². The maximum atomic E-state index is 12.1. The van der Waals surface area contributed by atoms with E-state index < -0.39 is 17.5 Å². The molecule has 1 rings (SSSR count). The Hall–Kier alpha value is -1.55. The lowest BCUT2D eigenvalue weighted by atomic mass is 9.80. The Bertz CT molecular complexity index is 470. The topological polar surface area (TPSA) is 55.8 Å². The van der Waals surface area contributed by atoms with Gasteiger partial charge in [0.2, 0.25) is 0 Å². The lowest BCUT2D eigenvalue weighted by molar-refractivity contribution is -0.167. The molecule has 0 spiro atoms. The van der Waals surface area contributed by atoms with E-state index in [-0.39, 0.29) is 13.0 Å². The fourth-order valence-corrected chi connectivity index (χ4v) is 2.33. The summed E-state index contributed by atoms with van der Waals surface area (Å²) in [6.07, 6.45) is 0.282. The van der Waals surface area contributed by atoms with E-state index in [1.54, 1.807) is 21.0 Å². The van der Waals surface area contributed by atoms with Crippen molar-refractivity contribution in [3.8, 4) is 5.75 Å². The van der Waals surface area contributed by atoms with Crippen molar-refractivity contribution >= 4 is 5.97 Å². The molecule has 0 saturated heterocycles. The van der Waals surface area contributed by atoms with Gasteiger partial charge in [0.05, 0.1) is 13.7 Å². The highest BCUT2D eigenvalue weighted by molar-refractivity contribution is 5.81. The van der Waals surface area contributed by atoms with Gasteiger partial charge in [-0.3, -0.25) is 0 Å². The summed E-state index contributed by atoms with van der Waals surface area (Å²) < 4.78 is 10.4. The van der Waals surface area contributed by atoms with Gasteiger partial charge in [0.15, 0.2) is 5.60 Å². The highest BCUT2D eigenvalue weighted by Crippen LogP contribution is 2.37. The third-order valence-corrected chi connectivity index (χ3v) is 3.74. The summed E-state index contributed by atoms with van der Waals surface area (Å²) in [4.78, 5) is 12.1. The van der Waals surface area contributed by atoms with Crippen LogP contribution in [0.4, 0.5) is 0 Å². The zero-order valence-electron chi connectivity index (χ0n) is 12.9. The van der Waals surface area contributed by atoms with Crippen LogP contribution in [-0.4, -0.2) is 30.4 Å². The molecule has 0 fully saturated rings. The zero-order valence-corrected chi connectivity index (χ0v) is 12.9. The van der Waals surface area contributed by atoms with Crippen molar-refractivity contribution < 1.29 is 19.4 Å². The molecule has 1 aromatic rings. The Balaban J connectivity index is 3.23. The van der Waals surface area contributed by atoms with E-state index in [1.165, 1.54) is 0 Å². The SMILES string of the molecule is CCOC(=O)C(O)(CC)C(C)c1cc(C)ccc1OC. The van der Waals surface area contributed by atoms with E-state index in [2.05, 4.69) is 0 Å². The summed E-state index contributed by atoms with van der Waals surface area (Å²) in [5.74, 6) is -0.334. The molecule has 0 aliphatic rings. The number of esters is 1. The molecule has 0 heterocycles. The lowest BCUT2D eigenvalue weighted by Crippen LogP contribution is -2.44. The van der Waals surface area contributed by atoms with Crippen LogP contribution in [0, 0.1) is 6.92 Å². The minimum absolute atomic E-state index is 0.249. The average molecular weight is 280 g/mol. The zero-order chi connectivity index (χ0) is 15.3. The molecule has 20 heavy (non-hydrogen) atoms. The van der Waals surface area contributed by atoms with Crippen molar-refractivity contribution in [3.05, 3.63) is 29.3 Å². The van der Waals surface area contributed by atoms with Crippen molar-refractivity contribution in [2.75, 3.05) is 13.7 Å². The van der Waals surface area contributed by atoms with E-state index >= 15 is 0 Å². The molecule has 2 unspecified atom stereocenters. The van der Waals surface area contributed by atoms with Gasteiger partial charge >= 0.3 is 5.97 Å². The van der Waals surface area contributed by atoms with Crippen LogP contribution < -0.4 is 4.74 Å². The van der Waals surface area contributed by atoms with Gasteiger partial charge in [-0.2, -0.15) is 0 Å². The Morgan fingerprint density at radius 1 is 1.40 bits per heavy atom. The first-order chi connectivity index (χ1) is 9.40. The summed E-state index contributed by atoms with van der Waals surface area (Å²) in [6, 6.07) is 5.72. The molecule has 1 aromatic carbocycles. The number of carbonyl (C=O) groups excluding carboxylic acids is 1. The number of methoxy groups -OCH3 is 1. The van der Waals surface area contributed by atoms with Crippen LogP contribution in [-0.2, 0) is 9.53 Å². The second-order valence-electron chi connectivity index (χ2n) is 4.97. The van der Waals surface area contributed by atoms with Crippen molar-refractivity contribution in [2.45, 2.75) is 45.6 Å². The Morgan fingerprint density at radius 3 is 2.55 bits per heavy atom. The minimum Gasteiger partial charge on any atom is -0.496 e. The number of aryl methyl sites for hydroxylation is 1. The molecule has 0 bridgehead atoms. The summed E-state index contributed by atoms with van der Waals surface area (Å²) in [5, 5.41) is 10.7. The van der Waals surface area contributed by atoms with Gasteiger partial charge < -0.3 is 14.6 Å². The summed E-state index contributed by atoms with van der Waals surface area (Å²) in [5.41, 5.74) is 0.316. The third kappa shape index (κ3) is 3.12. The molecule has 2 atom stereocenters. The van der Waals surface area contributed by atoms with Gasteiger partial charge in [-0.25, -0.2) is 4.79 Å². The monoisotopic (exact) mass is 280 g/mol. The summed E-state index contributed by atoms with van der Waals surface area (Å²) in [7, 11) is 1.58. The Kier molecular flexibility index (Phi) is 5.57. The predicted octanol–water partition coefficient (Wildman–Crippen LogP) is 2.81. The number of aliphatic hydroxyl groups is 1. The van der Waals surface area contributed by atoms with Crippen LogP contribution in [0.2, 0.25) is 0 Å². The van der Waals surface area contributed by atoms with Crippen molar-refractivity contribution in [1.82, 2.24) is 0 Å². The van der Waals surface area contributed by atoms with Crippen LogP contribution in [0.5, 0.6) is 5.75 Å². The van der Waals surface area contributed by atoms with Gasteiger partial charge in [-0.05, 0) is 26.3 Å². The quantitative estimate of drug-likeness (QED) is 0.814. The fourth-order valence-electron chi connectivity index (χ4n) is 2.33. The van der Waals surface area contributed by atoms with E-state index in [9.17, 15) is 9.90 Å². The van der Waals surface area contributed by atoms with Crippen LogP contribution in [0.3, 0.4) is 0 Å². The Labute approximate surface area is 120 Å². The minimum atomic E-state index is -1.54. The van der Waals surface area contributed by atoms with Crippen LogP contribution >= 0.6 is 0 Å². The van der Waals surface area contributed by atoms with E-state index in [4.69, 9.17) is 9.47 Å². The molecule has 4 heteroatoms. The molecule has 0 aliphatic carbocycles. The highest BCUT2D eigenvalue weighted by atomic mass is 16.5. The largest absolute Gasteiger partial charge is 0.496 e. The van der Waals surface area contributed by atoms with Gasteiger partial charge in [0, 0.05) is 11.5 Å². The molecule has 0 radical (unpaired) electrons. The molecule has 0 aliphatic heterocycles. The standard InChI is InChI=1S/C16H24O4/c1-6-16(18,15(17)20-7-2)12(4)13-10-11(3)8-9-14(13)19-5/h8-10,12,18H,6-7H2,1-5H3. The van der Waals surface area contributed by atoms with E-state index in [0.29, 0.717) is 5.75 Å². The normalized spacial score (nSPS) is 15.3. The van der Waals surface area contributed by atoms with E-state index in [0.717, 1.165) is 11.1 Å². The van der Waals surface area contributed by atoms with Crippen molar-refractivity contribution in [2.24, 2.45) is 0 Å². The second-order valence-corrected chi connectivity index (χ2v) is 4.97. The molecular formula is C16H24O4. The van der Waals surface area contributed by atoms with Gasteiger partial charge in [0.25, 0.3) is 0 Å². The van der Waals surface area contributed by atoms with Crippen LogP contribution in [0.25, 0.3) is 0 Å². The summed E-state index contributed by atoms with van der Waals surface area (Å²) in [6.45, 7) is 7.53. The summed E-state index contributed by atoms with van der Waals surface area (Å²) >= 11 is 0. The number of carbonyl (C=O) groups is 1. The van der Waals surface area contributed by atoms with Crippen LogP contribution in [0.1, 0.15) is 44.2 Å². The first-order valence-electron chi connectivity index (χ1n) is 6.94. The Morgan fingerprint density at radius 2 is 2.05 bits per heavy atom. The van der Waals surface area contributed by atoms with Crippen molar-refractivity contribution in [1.29, 1.82) is 0 Å². The lowest BCUT2D eigenvalue weighted by Gasteiger charge is -2.32. The number of benzene rings is 1. The van der Waals surface area contributed by atoms with E-state index in [1.807, 2.05) is 32.0 Å². The first kappa shape index (κ1) is 16.5. The molecule has 0 saturated carbocycles. The van der Waals surface area contributed by atoms with Crippen molar-refractivity contribution in [3.63, 3.8) is 0 Å². The molecule has 0 amide bonds. The van der Waals surface area contributed by atoms with Gasteiger partial charge in [-0.15, -0.1) is 0 Å². The van der Waals surface area contributed by atoms with Crippen LogP contribution in [0.15, 0.2) is 18.2 Å². The predicted molar refractivity (Wildman–Crippen MR) is 78.0 cm³/mol. The maximum absolute atomic E-state index is 12.1. The fraction of sp³-hybridized carbons (Fsp3) is 0.562. The molecule has 1 N–H and O–H groups in total. The average Bonchev–Trinajstić information content (AvgIpc) is 2.45. The number of hydrogen-bond donors (Lipinski definition) is 1. The third-order valence-electron chi connectivity index (χ3n) is 3.74. The number of hydrogen-bond acceptors (Lipinski definition) is 4. The number of ether oxygens (including phenoxy) is 2. The van der Waals surface area contributed by atoms with Gasteiger partial charge in [-0.1, -0.05) is 31.5 Å². The first-order valence-corrected chi connectivity index (χ1v) is 6.94. The smallest absolute Gasteiger partial charge is 0.338 e. The highest BCUT2D eigenvalue weighted by Gasteiger charge is 2.43. The second kappa shape index (κ2) is 6.75. The molecule has 112 valence electrons.